The summed E-state index contributed by atoms with van der Waals surface area (Å²) < 4.78 is 11.3. The smallest absolute Gasteiger partial charge is 0.220 e. The maximum atomic E-state index is 13.2. The number of hydrogen-bond acceptors (Lipinski definition) is 8. The number of hydrogen-bond donors (Lipinski definition) is 6. The molecule has 0 radical (unpaired) electrons. The molecule has 7 atom stereocenters. The fourth-order valence-corrected chi connectivity index (χ4v) is 13.6. The summed E-state index contributed by atoms with van der Waals surface area (Å²) in [5.74, 6) is -0.181. The van der Waals surface area contributed by atoms with Crippen LogP contribution in [0.25, 0.3) is 0 Å². The lowest BCUT2D eigenvalue weighted by Crippen LogP contribution is -2.60. The molecule has 1 aliphatic rings. The quantitative estimate of drug-likeness (QED) is 0.0261. The Morgan fingerprint density at radius 1 is 0.359 bits per heavy atom. The number of rotatable bonds is 74. The molecule has 0 saturated carbocycles. The van der Waals surface area contributed by atoms with Crippen LogP contribution < -0.4 is 5.32 Å². The molecule has 0 spiro atoms. The molecule has 0 aromatic carbocycles. The minimum atomic E-state index is -1.58. The van der Waals surface area contributed by atoms with Crippen molar-refractivity contribution < 1.29 is 39.8 Å². The van der Waals surface area contributed by atoms with Crippen molar-refractivity contribution in [3.63, 3.8) is 0 Å². The van der Waals surface area contributed by atoms with Crippen LogP contribution >= 0.6 is 0 Å². The van der Waals surface area contributed by atoms with Crippen LogP contribution in [-0.4, -0.2) is 87.5 Å². The van der Waals surface area contributed by atoms with Crippen LogP contribution in [0.4, 0.5) is 0 Å². The molecule has 0 aromatic heterocycles. The summed E-state index contributed by atoms with van der Waals surface area (Å²) in [6, 6.07) is -0.829. The van der Waals surface area contributed by atoms with Crippen molar-refractivity contribution in [1.29, 1.82) is 0 Å². The first-order valence-corrected chi connectivity index (χ1v) is 41.2. The fourth-order valence-electron chi connectivity index (χ4n) is 13.6. The Kier molecular flexibility index (Phi) is 69.4. The highest BCUT2D eigenvalue weighted by Gasteiger charge is 2.44. The van der Waals surface area contributed by atoms with Crippen LogP contribution in [0.3, 0.4) is 0 Å². The lowest BCUT2D eigenvalue weighted by atomic mass is 9.99. The number of carbonyl (C=O) groups is 1. The van der Waals surface area contributed by atoms with Gasteiger partial charge in [-0.15, -0.1) is 0 Å². The first-order valence-electron chi connectivity index (χ1n) is 41.2. The summed E-state index contributed by atoms with van der Waals surface area (Å²) in [4.78, 5) is 13.2. The second-order valence-corrected chi connectivity index (χ2v) is 28.9. The van der Waals surface area contributed by atoms with Crippen molar-refractivity contribution in [2.45, 2.75) is 474 Å². The van der Waals surface area contributed by atoms with Gasteiger partial charge >= 0.3 is 0 Å². The molecule has 1 amide bonds. The van der Waals surface area contributed by atoms with E-state index in [2.05, 4.69) is 43.5 Å². The molecule has 92 heavy (non-hydrogen) atoms. The van der Waals surface area contributed by atoms with E-state index >= 15 is 0 Å². The third-order valence-corrected chi connectivity index (χ3v) is 19.9. The van der Waals surface area contributed by atoms with E-state index in [4.69, 9.17) is 9.47 Å². The molecule has 9 nitrogen and oxygen atoms in total. The molecule has 1 heterocycles. The third kappa shape index (κ3) is 59.7. The molecule has 1 aliphatic heterocycles. The van der Waals surface area contributed by atoms with E-state index in [9.17, 15) is 30.3 Å². The van der Waals surface area contributed by atoms with E-state index in [-0.39, 0.29) is 12.5 Å². The maximum absolute atomic E-state index is 13.2. The van der Waals surface area contributed by atoms with Gasteiger partial charge in [0.25, 0.3) is 0 Å². The zero-order chi connectivity index (χ0) is 66.4. The molecular weight excluding hydrogens is 1140 g/mol. The highest BCUT2D eigenvalue weighted by atomic mass is 16.7. The molecule has 1 rings (SSSR count). The van der Waals surface area contributed by atoms with Crippen LogP contribution in [0, 0.1) is 0 Å². The lowest BCUT2D eigenvalue weighted by molar-refractivity contribution is -0.302. The van der Waals surface area contributed by atoms with Crippen molar-refractivity contribution in [2.75, 3.05) is 13.2 Å². The van der Waals surface area contributed by atoms with Crippen LogP contribution in [-0.2, 0) is 14.3 Å². The number of aliphatic hydroxyl groups excluding tert-OH is 5. The van der Waals surface area contributed by atoms with Crippen LogP contribution in [0.2, 0.25) is 0 Å². The van der Waals surface area contributed by atoms with Gasteiger partial charge in [-0.3, -0.25) is 4.79 Å². The zero-order valence-electron chi connectivity index (χ0n) is 61.3. The zero-order valence-corrected chi connectivity index (χ0v) is 61.3. The molecule has 1 saturated heterocycles. The van der Waals surface area contributed by atoms with Crippen molar-refractivity contribution in [3.05, 3.63) is 36.5 Å². The average Bonchev–Trinajstić information content (AvgIpc) is 1.05. The van der Waals surface area contributed by atoms with Gasteiger partial charge in [0.2, 0.25) is 5.91 Å². The SMILES string of the molecule is CCCCCCCCCCCCCCCCCCCCCCC/C=C/CC/C=C/CC/C=C/C(O)C(COC1OC(CO)C(O)C(O)C1O)NC(=O)CCCCCCCCCCCCCCCCCCCCCCCCCCCCCCCCCCCCCCCC. The Morgan fingerprint density at radius 2 is 0.620 bits per heavy atom. The summed E-state index contributed by atoms with van der Waals surface area (Å²) in [6.07, 6.45) is 91.8. The maximum Gasteiger partial charge on any atom is 0.220 e. The molecular formula is C83H159NO8. The largest absolute Gasteiger partial charge is 0.394 e. The van der Waals surface area contributed by atoms with E-state index in [1.54, 1.807) is 6.08 Å². The van der Waals surface area contributed by atoms with Gasteiger partial charge in [0.05, 0.1) is 25.4 Å². The Hall–Kier alpha value is -1.59. The lowest BCUT2D eigenvalue weighted by Gasteiger charge is -2.40. The molecule has 9 heteroatoms. The highest BCUT2D eigenvalue weighted by molar-refractivity contribution is 5.76. The summed E-state index contributed by atoms with van der Waals surface area (Å²) in [5.41, 5.74) is 0. The monoisotopic (exact) mass is 1300 g/mol. The Bertz CT molecular complexity index is 1550. The van der Waals surface area contributed by atoms with Crippen molar-refractivity contribution in [2.24, 2.45) is 0 Å². The van der Waals surface area contributed by atoms with Gasteiger partial charge in [-0.2, -0.15) is 0 Å². The molecule has 0 aromatic rings. The Labute approximate surface area is 571 Å². The Morgan fingerprint density at radius 3 is 0.913 bits per heavy atom. The Balaban J connectivity index is 2.07. The van der Waals surface area contributed by atoms with Gasteiger partial charge in [-0.05, 0) is 44.9 Å². The number of unbranched alkanes of at least 4 members (excludes halogenated alkanes) is 60. The van der Waals surface area contributed by atoms with Crippen LogP contribution in [0.1, 0.15) is 431 Å². The van der Waals surface area contributed by atoms with Crippen LogP contribution in [0.15, 0.2) is 36.5 Å². The van der Waals surface area contributed by atoms with Crippen LogP contribution in [0.5, 0.6) is 0 Å². The van der Waals surface area contributed by atoms with Gasteiger partial charge in [-0.1, -0.05) is 416 Å². The number of allylic oxidation sites excluding steroid dienone is 5. The standard InChI is InChI=1S/C83H159NO8/c1-3-5-7-9-11-13-15-17-19-21-23-25-27-29-31-33-35-36-37-38-39-40-41-43-45-47-49-51-53-55-57-59-61-63-65-67-69-71-73-79(87)84-76(75-91-83-82(90)81(89)80(88)78(74-85)92-83)77(86)72-70-68-66-64-62-60-58-56-54-52-50-48-46-44-42-34-32-30-28-26-24-22-20-18-16-14-12-10-8-6-4-2/h54,56,62,64,70,72,76-78,80-83,85-86,88-90H,3-53,55,57-61,63,65-69,71,73-75H2,1-2H3,(H,84,87)/b56-54+,64-62+,72-70+. The highest BCUT2D eigenvalue weighted by Crippen LogP contribution is 2.24. The average molecular weight is 1300 g/mol. The van der Waals surface area contributed by atoms with E-state index in [0.29, 0.717) is 6.42 Å². The van der Waals surface area contributed by atoms with E-state index in [1.165, 1.54) is 366 Å². The fraction of sp³-hybridized carbons (Fsp3) is 0.916. The molecule has 544 valence electrons. The first kappa shape index (κ1) is 88.4. The second kappa shape index (κ2) is 72.2. The molecule has 6 N–H and O–H groups in total. The summed E-state index contributed by atoms with van der Waals surface area (Å²) in [6.45, 7) is 3.83. The van der Waals surface area contributed by atoms with E-state index < -0.39 is 49.5 Å². The topological polar surface area (TPSA) is 149 Å². The summed E-state index contributed by atoms with van der Waals surface area (Å²) >= 11 is 0. The van der Waals surface area contributed by atoms with Gasteiger partial charge in [-0.25, -0.2) is 0 Å². The van der Waals surface area contributed by atoms with Gasteiger partial charge in [0, 0.05) is 6.42 Å². The van der Waals surface area contributed by atoms with E-state index in [1.807, 2.05) is 6.08 Å². The minimum absolute atomic E-state index is 0.181. The van der Waals surface area contributed by atoms with Crippen molar-refractivity contribution in [3.8, 4) is 0 Å². The molecule has 1 fully saturated rings. The molecule has 0 aliphatic carbocycles. The third-order valence-electron chi connectivity index (χ3n) is 19.9. The summed E-state index contributed by atoms with van der Waals surface area (Å²) in [7, 11) is 0. The minimum Gasteiger partial charge on any atom is -0.394 e. The summed E-state index contributed by atoms with van der Waals surface area (Å²) in [5, 5.41) is 54.9. The number of carbonyl (C=O) groups excluding carboxylic acids is 1. The normalized spacial score (nSPS) is 17.8. The van der Waals surface area contributed by atoms with Gasteiger partial charge < -0.3 is 40.3 Å². The first-order chi connectivity index (χ1) is 45.3. The van der Waals surface area contributed by atoms with E-state index in [0.717, 1.165) is 44.9 Å². The predicted molar refractivity (Wildman–Crippen MR) is 397 cm³/mol. The predicted octanol–water partition coefficient (Wildman–Crippen LogP) is 23.7. The second-order valence-electron chi connectivity index (χ2n) is 28.9. The van der Waals surface area contributed by atoms with Crippen molar-refractivity contribution >= 4 is 5.91 Å². The van der Waals surface area contributed by atoms with Gasteiger partial charge in [0.1, 0.15) is 24.4 Å². The van der Waals surface area contributed by atoms with Crippen molar-refractivity contribution in [1.82, 2.24) is 5.32 Å². The number of amides is 1. The molecule has 7 unspecified atom stereocenters. The number of ether oxygens (including phenoxy) is 2. The number of nitrogens with one attached hydrogen (secondary N) is 1. The number of aliphatic hydroxyl groups is 5. The van der Waals surface area contributed by atoms with Gasteiger partial charge in [0.15, 0.2) is 6.29 Å². The molecule has 0 bridgehead atoms.